The van der Waals surface area contributed by atoms with Crippen molar-refractivity contribution in [2.24, 2.45) is 5.41 Å². The standard InChI is InChI=1S/C16H20FN5O2/c1-10-8-13(22-21-10)20-14-12(17)3-2-11(19-14)9-16(15(23)24)4-6-18-7-5-16/h2-3,8,18H,4-7,9H2,1H3,(H,23,24)(H2,19,20,21,22). The predicted molar refractivity (Wildman–Crippen MR) is 86.7 cm³/mol. The highest BCUT2D eigenvalue weighted by molar-refractivity contribution is 5.75. The minimum Gasteiger partial charge on any atom is -0.481 e. The zero-order valence-corrected chi connectivity index (χ0v) is 13.4. The van der Waals surface area contributed by atoms with Gasteiger partial charge in [-0.2, -0.15) is 5.10 Å². The van der Waals surface area contributed by atoms with Gasteiger partial charge in [-0.15, -0.1) is 0 Å². The molecule has 0 radical (unpaired) electrons. The fourth-order valence-electron chi connectivity index (χ4n) is 2.99. The maximum absolute atomic E-state index is 14.0. The molecule has 3 rings (SSSR count). The monoisotopic (exact) mass is 333 g/mol. The number of aliphatic carboxylic acids is 1. The van der Waals surface area contributed by atoms with Gasteiger partial charge < -0.3 is 15.7 Å². The van der Waals surface area contributed by atoms with E-state index in [0.29, 0.717) is 37.4 Å². The van der Waals surface area contributed by atoms with Gasteiger partial charge in [0.25, 0.3) is 0 Å². The van der Waals surface area contributed by atoms with Gasteiger partial charge in [-0.3, -0.25) is 9.89 Å². The van der Waals surface area contributed by atoms with Crippen molar-refractivity contribution < 1.29 is 14.3 Å². The van der Waals surface area contributed by atoms with E-state index in [1.807, 2.05) is 6.92 Å². The van der Waals surface area contributed by atoms with Crippen molar-refractivity contribution in [1.29, 1.82) is 0 Å². The largest absolute Gasteiger partial charge is 0.481 e. The highest BCUT2D eigenvalue weighted by Crippen LogP contribution is 2.33. The number of hydrogen-bond donors (Lipinski definition) is 4. The Balaban J connectivity index is 1.83. The molecule has 1 aliphatic heterocycles. The number of piperidine rings is 1. The first-order valence-electron chi connectivity index (χ1n) is 7.87. The van der Waals surface area contributed by atoms with Gasteiger partial charge in [-0.05, 0) is 45.0 Å². The van der Waals surface area contributed by atoms with Crippen molar-refractivity contribution in [2.75, 3.05) is 18.4 Å². The lowest BCUT2D eigenvalue weighted by molar-refractivity contribution is -0.150. The maximum atomic E-state index is 14.0. The van der Waals surface area contributed by atoms with Crippen LogP contribution >= 0.6 is 0 Å². The van der Waals surface area contributed by atoms with Crippen LogP contribution in [0.15, 0.2) is 18.2 Å². The number of nitrogens with one attached hydrogen (secondary N) is 3. The van der Waals surface area contributed by atoms with E-state index < -0.39 is 17.2 Å². The molecule has 1 saturated heterocycles. The van der Waals surface area contributed by atoms with Crippen LogP contribution in [0.5, 0.6) is 0 Å². The summed E-state index contributed by atoms with van der Waals surface area (Å²) in [7, 11) is 0. The van der Waals surface area contributed by atoms with Crippen molar-refractivity contribution in [1.82, 2.24) is 20.5 Å². The Morgan fingerprint density at radius 1 is 1.42 bits per heavy atom. The van der Waals surface area contributed by atoms with Crippen molar-refractivity contribution in [3.63, 3.8) is 0 Å². The van der Waals surface area contributed by atoms with E-state index in [-0.39, 0.29) is 12.2 Å². The molecule has 0 aliphatic carbocycles. The molecule has 1 fully saturated rings. The number of pyridine rings is 1. The minimum atomic E-state index is -0.851. The number of H-pyrrole nitrogens is 1. The lowest BCUT2D eigenvalue weighted by Crippen LogP contribution is -2.43. The highest BCUT2D eigenvalue weighted by Gasteiger charge is 2.40. The number of halogens is 1. The van der Waals surface area contributed by atoms with E-state index in [0.717, 1.165) is 5.69 Å². The molecule has 0 atom stereocenters. The fraction of sp³-hybridized carbons (Fsp3) is 0.438. The Morgan fingerprint density at radius 2 is 2.17 bits per heavy atom. The van der Waals surface area contributed by atoms with E-state index in [2.05, 4.69) is 25.8 Å². The first kappa shape index (κ1) is 16.4. The zero-order chi connectivity index (χ0) is 17.2. The normalized spacial score (nSPS) is 16.8. The SMILES string of the molecule is Cc1cc(Nc2nc(CC3(C(=O)O)CCNCC3)ccc2F)n[nH]1. The number of aromatic amines is 1. The van der Waals surface area contributed by atoms with Gasteiger partial charge in [0.2, 0.25) is 0 Å². The third-order valence-electron chi connectivity index (χ3n) is 4.39. The molecule has 0 spiro atoms. The van der Waals surface area contributed by atoms with Gasteiger partial charge in [-0.25, -0.2) is 9.37 Å². The first-order chi connectivity index (χ1) is 11.5. The lowest BCUT2D eigenvalue weighted by Gasteiger charge is -2.33. The second-order valence-electron chi connectivity index (χ2n) is 6.21. The summed E-state index contributed by atoms with van der Waals surface area (Å²) in [6.07, 6.45) is 1.34. The summed E-state index contributed by atoms with van der Waals surface area (Å²) in [6, 6.07) is 4.59. The Morgan fingerprint density at radius 3 is 2.79 bits per heavy atom. The summed E-state index contributed by atoms with van der Waals surface area (Å²) in [4.78, 5) is 16.0. The molecular weight excluding hydrogens is 313 g/mol. The van der Waals surface area contributed by atoms with Gasteiger partial charge in [-0.1, -0.05) is 0 Å². The molecule has 2 aromatic heterocycles. The smallest absolute Gasteiger partial charge is 0.310 e. The number of aromatic nitrogens is 3. The number of carboxylic acid groups (broad SMARTS) is 1. The molecule has 2 aromatic rings. The molecule has 7 nitrogen and oxygen atoms in total. The average Bonchev–Trinajstić information content (AvgIpc) is 2.96. The molecule has 3 heterocycles. The number of nitrogens with zero attached hydrogens (tertiary/aromatic N) is 2. The van der Waals surface area contributed by atoms with Crippen LogP contribution in [0.4, 0.5) is 16.0 Å². The third-order valence-corrected chi connectivity index (χ3v) is 4.39. The molecule has 1 aliphatic rings. The maximum Gasteiger partial charge on any atom is 0.310 e. The summed E-state index contributed by atoms with van der Waals surface area (Å²) in [5.74, 6) is -0.819. The van der Waals surface area contributed by atoms with Crippen LogP contribution < -0.4 is 10.6 Å². The fourth-order valence-corrected chi connectivity index (χ4v) is 2.99. The lowest BCUT2D eigenvalue weighted by atomic mass is 9.75. The highest BCUT2D eigenvalue weighted by atomic mass is 19.1. The predicted octanol–water partition coefficient (Wildman–Crippen LogP) is 1.99. The zero-order valence-electron chi connectivity index (χ0n) is 13.4. The van der Waals surface area contributed by atoms with Crippen molar-refractivity contribution in [3.8, 4) is 0 Å². The van der Waals surface area contributed by atoms with Gasteiger partial charge in [0, 0.05) is 23.9 Å². The number of aryl methyl sites for hydroxylation is 1. The molecule has 0 saturated carbocycles. The average molecular weight is 333 g/mol. The summed E-state index contributed by atoms with van der Waals surface area (Å²) in [6.45, 7) is 3.16. The third kappa shape index (κ3) is 3.38. The van der Waals surface area contributed by atoms with Gasteiger partial charge in [0.1, 0.15) is 0 Å². The van der Waals surface area contributed by atoms with Crippen LogP contribution in [0.2, 0.25) is 0 Å². The number of carboxylic acids is 1. The molecule has 8 heteroatoms. The number of anilines is 2. The van der Waals surface area contributed by atoms with E-state index >= 15 is 0 Å². The molecule has 0 amide bonds. The van der Waals surface area contributed by atoms with Gasteiger partial charge in [0.15, 0.2) is 17.5 Å². The van der Waals surface area contributed by atoms with Crippen LogP contribution in [-0.4, -0.2) is 39.3 Å². The topological polar surface area (TPSA) is 103 Å². The van der Waals surface area contributed by atoms with Crippen LogP contribution in [0.3, 0.4) is 0 Å². The second-order valence-corrected chi connectivity index (χ2v) is 6.21. The van der Waals surface area contributed by atoms with Crippen molar-refractivity contribution in [2.45, 2.75) is 26.2 Å². The van der Waals surface area contributed by atoms with E-state index in [9.17, 15) is 14.3 Å². The van der Waals surface area contributed by atoms with Gasteiger partial charge >= 0.3 is 5.97 Å². The molecule has 128 valence electrons. The van der Waals surface area contributed by atoms with Crippen molar-refractivity contribution >= 4 is 17.6 Å². The molecular formula is C16H20FN5O2. The molecule has 0 unspecified atom stereocenters. The Labute approximate surface area is 138 Å². The van der Waals surface area contributed by atoms with Crippen LogP contribution in [0.25, 0.3) is 0 Å². The summed E-state index contributed by atoms with van der Waals surface area (Å²) in [5.41, 5.74) is 0.542. The minimum absolute atomic E-state index is 0.0495. The summed E-state index contributed by atoms with van der Waals surface area (Å²) >= 11 is 0. The second kappa shape index (κ2) is 6.56. The van der Waals surface area contributed by atoms with E-state index in [1.165, 1.54) is 6.07 Å². The summed E-state index contributed by atoms with van der Waals surface area (Å²) in [5, 5.41) is 22.4. The number of hydrogen-bond acceptors (Lipinski definition) is 5. The summed E-state index contributed by atoms with van der Waals surface area (Å²) < 4.78 is 14.0. The first-order valence-corrected chi connectivity index (χ1v) is 7.87. The molecule has 0 aromatic carbocycles. The van der Waals surface area contributed by atoms with E-state index in [4.69, 9.17) is 0 Å². The Kier molecular flexibility index (Phi) is 4.48. The molecule has 0 bridgehead atoms. The number of carbonyl (C=O) groups is 1. The van der Waals surface area contributed by atoms with Crippen LogP contribution in [0.1, 0.15) is 24.2 Å². The quantitative estimate of drug-likeness (QED) is 0.667. The van der Waals surface area contributed by atoms with Crippen LogP contribution in [0, 0.1) is 18.2 Å². The Bertz CT molecular complexity index is 740. The van der Waals surface area contributed by atoms with E-state index in [1.54, 1.807) is 12.1 Å². The Hall–Kier alpha value is -2.48. The van der Waals surface area contributed by atoms with Crippen LogP contribution in [-0.2, 0) is 11.2 Å². The molecule has 4 N–H and O–H groups in total. The number of rotatable bonds is 5. The van der Waals surface area contributed by atoms with Crippen molar-refractivity contribution in [3.05, 3.63) is 35.4 Å². The van der Waals surface area contributed by atoms with Gasteiger partial charge in [0.05, 0.1) is 5.41 Å². The molecule has 24 heavy (non-hydrogen) atoms.